The first-order chi connectivity index (χ1) is 9.08. The largest absolute Gasteiger partial charge is 0.459 e. The zero-order valence-electron chi connectivity index (χ0n) is 11.2. The van der Waals surface area contributed by atoms with Crippen molar-refractivity contribution in [1.82, 2.24) is 5.43 Å². The average Bonchev–Trinajstić information content (AvgIpc) is 2.92. The van der Waals surface area contributed by atoms with Crippen molar-refractivity contribution in [3.05, 3.63) is 59.0 Å². The Kier molecular flexibility index (Phi) is 3.80. The van der Waals surface area contributed by atoms with Crippen LogP contribution in [0.1, 0.15) is 34.2 Å². The van der Waals surface area contributed by atoms with Crippen LogP contribution in [0.5, 0.6) is 0 Å². The second-order valence-corrected chi connectivity index (χ2v) is 4.41. The summed E-state index contributed by atoms with van der Waals surface area (Å²) in [6.07, 6.45) is 1.45. The van der Waals surface area contributed by atoms with Gasteiger partial charge in [0, 0.05) is 0 Å². The summed E-state index contributed by atoms with van der Waals surface area (Å²) in [6, 6.07) is 9.33. The lowest BCUT2D eigenvalue weighted by atomic mass is 10.0. The highest BCUT2D eigenvalue weighted by molar-refractivity contribution is 6.00. The molecule has 2 aromatic rings. The number of nitrogens with one attached hydrogen (secondary N) is 1. The molecule has 1 aromatic heterocycles. The van der Waals surface area contributed by atoms with Crippen LogP contribution in [0, 0.1) is 13.8 Å². The van der Waals surface area contributed by atoms with Gasteiger partial charge in [0.1, 0.15) is 0 Å². The molecule has 0 radical (unpaired) electrons. The lowest BCUT2D eigenvalue weighted by molar-refractivity contribution is 0.0927. The first-order valence-corrected chi connectivity index (χ1v) is 6.03. The van der Waals surface area contributed by atoms with E-state index in [4.69, 9.17) is 4.42 Å². The van der Waals surface area contributed by atoms with E-state index in [1.807, 2.05) is 32.0 Å². The van der Waals surface area contributed by atoms with Gasteiger partial charge >= 0.3 is 5.91 Å². The van der Waals surface area contributed by atoms with Crippen molar-refractivity contribution in [2.24, 2.45) is 5.10 Å². The molecule has 0 bridgehead atoms. The molecule has 0 atom stereocenters. The zero-order valence-corrected chi connectivity index (χ0v) is 11.2. The minimum atomic E-state index is -0.354. The van der Waals surface area contributed by atoms with Gasteiger partial charge in [-0.2, -0.15) is 5.10 Å². The van der Waals surface area contributed by atoms with Gasteiger partial charge < -0.3 is 4.42 Å². The van der Waals surface area contributed by atoms with Crippen molar-refractivity contribution >= 4 is 11.6 Å². The van der Waals surface area contributed by atoms with E-state index in [9.17, 15) is 4.79 Å². The molecule has 4 nitrogen and oxygen atoms in total. The number of carbonyl (C=O) groups is 1. The summed E-state index contributed by atoms with van der Waals surface area (Å²) in [5, 5.41) is 4.08. The fraction of sp³-hybridized carbons (Fsp3) is 0.200. The Balaban J connectivity index is 2.10. The van der Waals surface area contributed by atoms with Gasteiger partial charge in [-0.1, -0.05) is 12.1 Å². The van der Waals surface area contributed by atoms with Crippen LogP contribution in [-0.4, -0.2) is 11.6 Å². The molecule has 98 valence electrons. The number of benzene rings is 1. The van der Waals surface area contributed by atoms with Gasteiger partial charge in [0.2, 0.25) is 0 Å². The van der Waals surface area contributed by atoms with Crippen molar-refractivity contribution in [2.75, 3.05) is 0 Å². The summed E-state index contributed by atoms with van der Waals surface area (Å²) in [5.41, 5.74) is 6.65. The molecule has 0 fully saturated rings. The summed E-state index contributed by atoms with van der Waals surface area (Å²) in [5.74, 6) is -0.107. The molecular weight excluding hydrogens is 240 g/mol. The number of furan rings is 1. The summed E-state index contributed by atoms with van der Waals surface area (Å²) in [6.45, 7) is 5.96. The number of hydrazone groups is 1. The van der Waals surface area contributed by atoms with E-state index in [0.717, 1.165) is 11.3 Å². The van der Waals surface area contributed by atoms with E-state index >= 15 is 0 Å². The molecule has 2 rings (SSSR count). The van der Waals surface area contributed by atoms with Gasteiger partial charge in [0.25, 0.3) is 0 Å². The molecule has 1 aromatic carbocycles. The maximum Gasteiger partial charge on any atom is 0.307 e. The van der Waals surface area contributed by atoms with E-state index < -0.39 is 0 Å². The Morgan fingerprint density at radius 2 is 2.00 bits per heavy atom. The predicted molar refractivity (Wildman–Crippen MR) is 74.3 cm³/mol. The third-order valence-electron chi connectivity index (χ3n) is 2.99. The predicted octanol–water partition coefficient (Wildman–Crippen LogP) is 3.05. The highest BCUT2D eigenvalue weighted by Crippen LogP contribution is 2.10. The first kappa shape index (κ1) is 13.1. The fourth-order valence-electron chi connectivity index (χ4n) is 1.63. The number of hydrogen-bond donors (Lipinski definition) is 1. The van der Waals surface area contributed by atoms with Gasteiger partial charge in [0.15, 0.2) is 5.76 Å². The highest BCUT2D eigenvalue weighted by Gasteiger charge is 2.07. The SMILES string of the molecule is C/C(=N/NC(=O)c1ccco1)c1ccc(C)c(C)c1. The lowest BCUT2D eigenvalue weighted by Gasteiger charge is -2.05. The van der Waals surface area contributed by atoms with E-state index in [1.165, 1.54) is 17.4 Å². The van der Waals surface area contributed by atoms with Crippen molar-refractivity contribution in [3.8, 4) is 0 Å². The van der Waals surface area contributed by atoms with E-state index in [-0.39, 0.29) is 11.7 Å². The second-order valence-electron chi connectivity index (χ2n) is 4.41. The molecule has 0 aliphatic rings. The molecule has 1 amide bonds. The number of rotatable bonds is 3. The van der Waals surface area contributed by atoms with Crippen LogP contribution in [0.3, 0.4) is 0 Å². The fourth-order valence-corrected chi connectivity index (χ4v) is 1.63. The number of nitrogens with zero attached hydrogens (tertiary/aromatic N) is 1. The quantitative estimate of drug-likeness (QED) is 0.677. The summed E-state index contributed by atoms with van der Waals surface area (Å²) >= 11 is 0. The van der Waals surface area contributed by atoms with Gasteiger partial charge in [-0.15, -0.1) is 0 Å². The molecule has 0 unspecified atom stereocenters. The number of hydrogen-bond acceptors (Lipinski definition) is 3. The Morgan fingerprint density at radius 1 is 1.21 bits per heavy atom. The highest BCUT2D eigenvalue weighted by atomic mass is 16.3. The maximum absolute atomic E-state index is 11.7. The smallest absolute Gasteiger partial charge is 0.307 e. The monoisotopic (exact) mass is 256 g/mol. The molecule has 1 heterocycles. The molecule has 19 heavy (non-hydrogen) atoms. The Morgan fingerprint density at radius 3 is 2.63 bits per heavy atom. The number of aryl methyl sites for hydroxylation is 2. The standard InChI is InChI=1S/C15H16N2O2/c1-10-6-7-13(9-11(10)2)12(3)16-17-15(18)14-5-4-8-19-14/h4-9H,1-3H3,(H,17,18)/b16-12-. The third-order valence-corrected chi connectivity index (χ3v) is 2.99. The number of amides is 1. The van der Waals surface area contributed by atoms with Crippen LogP contribution in [0.2, 0.25) is 0 Å². The van der Waals surface area contributed by atoms with Crippen LogP contribution in [0.25, 0.3) is 0 Å². The Labute approximate surface area is 112 Å². The first-order valence-electron chi connectivity index (χ1n) is 6.03. The molecule has 0 saturated heterocycles. The Hall–Kier alpha value is -2.36. The maximum atomic E-state index is 11.7. The normalized spacial score (nSPS) is 11.4. The minimum absolute atomic E-state index is 0.247. The lowest BCUT2D eigenvalue weighted by Crippen LogP contribution is -2.18. The molecule has 0 aliphatic carbocycles. The van der Waals surface area contributed by atoms with E-state index in [0.29, 0.717) is 0 Å². The molecule has 1 N–H and O–H groups in total. The molecular formula is C15H16N2O2. The summed E-state index contributed by atoms with van der Waals surface area (Å²) < 4.78 is 4.99. The van der Waals surface area contributed by atoms with Crippen LogP contribution in [0.4, 0.5) is 0 Å². The molecule has 0 spiro atoms. The third kappa shape index (κ3) is 3.10. The summed E-state index contributed by atoms with van der Waals surface area (Å²) in [7, 11) is 0. The molecule has 0 aliphatic heterocycles. The van der Waals surface area contributed by atoms with E-state index in [2.05, 4.69) is 17.5 Å². The Bertz CT molecular complexity index is 613. The van der Waals surface area contributed by atoms with Crippen LogP contribution >= 0.6 is 0 Å². The minimum Gasteiger partial charge on any atom is -0.459 e. The van der Waals surface area contributed by atoms with Gasteiger partial charge in [-0.05, 0) is 55.7 Å². The van der Waals surface area contributed by atoms with Crippen LogP contribution < -0.4 is 5.43 Å². The zero-order chi connectivity index (χ0) is 13.8. The topological polar surface area (TPSA) is 54.6 Å². The molecule has 0 saturated carbocycles. The van der Waals surface area contributed by atoms with Crippen LogP contribution in [0.15, 0.2) is 46.1 Å². The molecule has 4 heteroatoms. The summed E-state index contributed by atoms with van der Waals surface area (Å²) in [4.78, 5) is 11.7. The van der Waals surface area contributed by atoms with Gasteiger partial charge in [-0.3, -0.25) is 4.79 Å². The van der Waals surface area contributed by atoms with Crippen LogP contribution in [-0.2, 0) is 0 Å². The average molecular weight is 256 g/mol. The van der Waals surface area contributed by atoms with Crippen molar-refractivity contribution < 1.29 is 9.21 Å². The van der Waals surface area contributed by atoms with Crippen molar-refractivity contribution in [3.63, 3.8) is 0 Å². The number of carbonyl (C=O) groups excluding carboxylic acids is 1. The van der Waals surface area contributed by atoms with Gasteiger partial charge in [-0.25, -0.2) is 5.43 Å². The second kappa shape index (κ2) is 5.52. The van der Waals surface area contributed by atoms with E-state index in [1.54, 1.807) is 12.1 Å². The van der Waals surface area contributed by atoms with Crippen molar-refractivity contribution in [1.29, 1.82) is 0 Å². The van der Waals surface area contributed by atoms with Gasteiger partial charge in [0.05, 0.1) is 12.0 Å². The van der Waals surface area contributed by atoms with Crippen molar-refractivity contribution in [2.45, 2.75) is 20.8 Å².